The van der Waals surface area contributed by atoms with Crippen molar-refractivity contribution in [1.29, 1.82) is 0 Å². The van der Waals surface area contributed by atoms with Gasteiger partial charge in [0.25, 0.3) is 5.91 Å². The largest absolute Gasteiger partial charge is 0.382 e. The highest BCUT2D eigenvalue weighted by Crippen LogP contribution is 2.39. The molecule has 1 unspecified atom stereocenters. The van der Waals surface area contributed by atoms with Crippen LogP contribution in [-0.4, -0.2) is 53.7 Å². The SMILES string of the molecule is O=C1CCC(N2Cc3c(NC4CCC5(CC4)OCCO5)ccc(F)c3C2=O)C(=O)N1. The van der Waals surface area contributed by atoms with Gasteiger partial charge in [-0.05, 0) is 31.4 Å². The Morgan fingerprint density at radius 3 is 2.53 bits per heavy atom. The maximum atomic E-state index is 14.5. The van der Waals surface area contributed by atoms with Gasteiger partial charge in [0, 0.05) is 43.1 Å². The van der Waals surface area contributed by atoms with Crippen molar-refractivity contribution in [2.24, 2.45) is 0 Å². The number of amides is 3. The van der Waals surface area contributed by atoms with E-state index in [0.717, 1.165) is 25.7 Å². The molecule has 5 rings (SSSR count). The lowest BCUT2D eigenvalue weighted by Crippen LogP contribution is -2.52. The highest BCUT2D eigenvalue weighted by molar-refractivity contribution is 6.06. The summed E-state index contributed by atoms with van der Waals surface area (Å²) in [5.41, 5.74) is 1.29. The van der Waals surface area contributed by atoms with Crippen LogP contribution in [0.15, 0.2) is 12.1 Å². The molecule has 0 bridgehead atoms. The number of benzene rings is 1. The van der Waals surface area contributed by atoms with Gasteiger partial charge in [-0.1, -0.05) is 0 Å². The first-order valence-corrected chi connectivity index (χ1v) is 10.5. The molecule has 30 heavy (non-hydrogen) atoms. The Morgan fingerprint density at radius 2 is 1.83 bits per heavy atom. The van der Waals surface area contributed by atoms with Gasteiger partial charge in [-0.3, -0.25) is 19.7 Å². The lowest BCUT2D eigenvalue weighted by atomic mass is 9.89. The van der Waals surface area contributed by atoms with Gasteiger partial charge >= 0.3 is 0 Å². The van der Waals surface area contributed by atoms with E-state index < -0.39 is 29.5 Å². The van der Waals surface area contributed by atoms with Crippen molar-refractivity contribution < 1.29 is 28.2 Å². The predicted molar refractivity (Wildman–Crippen MR) is 103 cm³/mol. The fourth-order valence-corrected chi connectivity index (χ4v) is 4.97. The van der Waals surface area contributed by atoms with Crippen molar-refractivity contribution in [3.05, 3.63) is 29.1 Å². The van der Waals surface area contributed by atoms with Crippen molar-refractivity contribution >= 4 is 23.4 Å². The average molecular weight is 417 g/mol. The van der Waals surface area contributed by atoms with Crippen molar-refractivity contribution in [2.75, 3.05) is 18.5 Å². The molecule has 9 heteroatoms. The summed E-state index contributed by atoms with van der Waals surface area (Å²) in [5, 5.41) is 5.73. The van der Waals surface area contributed by atoms with Crippen LogP contribution in [0.4, 0.5) is 10.1 Å². The van der Waals surface area contributed by atoms with Crippen LogP contribution in [0.5, 0.6) is 0 Å². The molecule has 2 saturated heterocycles. The van der Waals surface area contributed by atoms with Crippen molar-refractivity contribution in [3.8, 4) is 0 Å². The molecule has 4 aliphatic rings. The molecule has 160 valence electrons. The highest BCUT2D eigenvalue weighted by atomic mass is 19.1. The molecule has 1 aromatic carbocycles. The third-order valence-corrected chi connectivity index (χ3v) is 6.57. The Kier molecular flexibility index (Phi) is 4.74. The number of fused-ring (bicyclic) bond motifs is 1. The zero-order valence-electron chi connectivity index (χ0n) is 16.5. The summed E-state index contributed by atoms with van der Waals surface area (Å²) in [6.45, 7) is 1.40. The number of nitrogens with zero attached hydrogens (tertiary/aromatic N) is 1. The lowest BCUT2D eigenvalue weighted by molar-refractivity contribution is -0.177. The van der Waals surface area contributed by atoms with E-state index in [2.05, 4.69) is 10.6 Å². The maximum Gasteiger partial charge on any atom is 0.258 e. The standard InChI is InChI=1S/C21H24FN3O5/c22-14-1-2-15(23-12-5-7-21(8-6-12)29-9-10-30-21)13-11-25(20(28)18(13)14)16-3-4-17(26)24-19(16)27/h1-2,12,16,23H,3-11H2,(H,24,26,27). The molecule has 1 atom stereocenters. The first-order valence-electron chi connectivity index (χ1n) is 10.5. The van der Waals surface area contributed by atoms with E-state index in [1.165, 1.54) is 11.0 Å². The number of hydrogen-bond donors (Lipinski definition) is 2. The van der Waals surface area contributed by atoms with E-state index in [9.17, 15) is 18.8 Å². The molecule has 2 N–H and O–H groups in total. The van der Waals surface area contributed by atoms with Crippen molar-refractivity contribution in [1.82, 2.24) is 10.2 Å². The molecule has 3 heterocycles. The number of rotatable bonds is 3. The second kappa shape index (κ2) is 7.31. The predicted octanol–water partition coefficient (Wildman–Crippen LogP) is 1.68. The molecule has 3 aliphatic heterocycles. The third-order valence-electron chi connectivity index (χ3n) is 6.57. The van der Waals surface area contributed by atoms with Gasteiger partial charge in [-0.15, -0.1) is 0 Å². The zero-order chi connectivity index (χ0) is 20.9. The quantitative estimate of drug-likeness (QED) is 0.727. The number of hydrogen-bond acceptors (Lipinski definition) is 6. The van der Waals surface area contributed by atoms with E-state index >= 15 is 0 Å². The Bertz CT molecular complexity index is 904. The molecule has 0 radical (unpaired) electrons. The molecule has 1 aliphatic carbocycles. The summed E-state index contributed by atoms with van der Waals surface area (Å²) in [5.74, 6) is -2.40. The number of piperidine rings is 1. The fraction of sp³-hybridized carbons (Fsp3) is 0.571. The van der Waals surface area contributed by atoms with Crippen LogP contribution in [-0.2, 0) is 25.6 Å². The summed E-state index contributed by atoms with van der Waals surface area (Å²) >= 11 is 0. The van der Waals surface area contributed by atoms with Crippen LogP contribution < -0.4 is 10.6 Å². The smallest absolute Gasteiger partial charge is 0.258 e. The average Bonchev–Trinajstić information content (AvgIpc) is 3.32. The van der Waals surface area contributed by atoms with E-state index in [-0.39, 0.29) is 36.9 Å². The Hall–Kier alpha value is -2.52. The topological polar surface area (TPSA) is 97.0 Å². The van der Waals surface area contributed by atoms with Gasteiger partial charge < -0.3 is 19.7 Å². The molecule has 8 nitrogen and oxygen atoms in total. The third kappa shape index (κ3) is 3.26. The minimum atomic E-state index is -0.763. The van der Waals surface area contributed by atoms with Crippen LogP contribution in [0.1, 0.15) is 54.4 Å². The van der Waals surface area contributed by atoms with Crippen LogP contribution in [0.3, 0.4) is 0 Å². The molecule has 1 saturated carbocycles. The lowest BCUT2D eigenvalue weighted by Gasteiger charge is -2.36. The summed E-state index contributed by atoms with van der Waals surface area (Å²) in [6, 6.07) is 2.35. The van der Waals surface area contributed by atoms with E-state index in [4.69, 9.17) is 9.47 Å². The Morgan fingerprint density at radius 1 is 1.10 bits per heavy atom. The minimum absolute atomic E-state index is 0.0134. The zero-order valence-corrected chi connectivity index (χ0v) is 16.5. The van der Waals surface area contributed by atoms with Gasteiger partial charge in [0.1, 0.15) is 11.9 Å². The minimum Gasteiger partial charge on any atom is -0.382 e. The van der Waals surface area contributed by atoms with Crippen molar-refractivity contribution in [3.63, 3.8) is 0 Å². The van der Waals surface area contributed by atoms with Crippen LogP contribution in [0, 0.1) is 5.82 Å². The van der Waals surface area contributed by atoms with Gasteiger partial charge in [0.2, 0.25) is 11.8 Å². The first kappa shape index (κ1) is 19.4. The number of anilines is 1. The van der Waals surface area contributed by atoms with Crippen LogP contribution >= 0.6 is 0 Å². The van der Waals surface area contributed by atoms with Gasteiger partial charge in [-0.25, -0.2) is 4.39 Å². The van der Waals surface area contributed by atoms with Gasteiger partial charge in [-0.2, -0.15) is 0 Å². The van der Waals surface area contributed by atoms with Crippen LogP contribution in [0.25, 0.3) is 0 Å². The molecule has 3 amide bonds. The number of carbonyl (C=O) groups is 3. The second-order valence-electron chi connectivity index (χ2n) is 8.37. The van der Waals surface area contributed by atoms with Crippen LogP contribution in [0.2, 0.25) is 0 Å². The normalized spacial score (nSPS) is 26.2. The molecule has 0 aromatic heterocycles. The fourth-order valence-electron chi connectivity index (χ4n) is 4.97. The summed E-state index contributed by atoms with van der Waals surface area (Å²) in [6.07, 6.45) is 3.68. The van der Waals surface area contributed by atoms with E-state index in [0.29, 0.717) is 24.5 Å². The number of ether oxygens (including phenoxy) is 2. The number of carbonyl (C=O) groups excluding carboxylic acids is 3. The second-order valence-corrected chi connectivity index (χ2v) is 8.37. The molecular formula is C21H24FN3O5. The number of halogens is 1. The Labute approximate surface area is 173 Å². The molecular weight excluding hydrogens is 393 g/mol. The van der Waals surface area contributed by atoms with Gasteiger partial charge in [0.15, 0.2) is 5.79 Å². The molecule has 1 spiro atoms. The summed E-state index contributed by atoms with van der Waals surface area (Å²) < 4.78 is 26.1. The van der Waals surface area contributed by atoms with E-state index in [1.54, 1.807) is 6.07 Å². The summed E-state index contributed by atoms with van der Waals surface area (Å²) in [7, 11) is 0. The first-order chi connectivity index (χ1) is 14.5. The summed E-state index contributed by atoms with van der Waals surface area (Å²) in [4.78, 5) is 38.0. The van der Waals surface area contributed by atoms with Gasteiger partial charge in [0.05, 0.1) is 18.8 Å². The van der Waals surface area contributed by atoms with Crippen molar-refractivity contribution in [2.45, 2.75) is 62.9 Å². The highest BCUT2D eigenvalue weighted by Gasteiger charge is 2.43. The number of imide groups is 1. The molecule has 1 aromatic rings. The monoisotopic (exact) mass is 417 g/mol. The maximum absolute atomic E-state index is 14.5. The number of nitrogens with one attached hydrogen (secondary N) is 2. The van der Waals surface area contributed by atoms with E-state index in [1.807, 2.05) is 0 Å². The molecule has 3 fully saturated rings. The Balaban J connectivity index is 1.33.